The van der Waals surface area contributed by atoms with Gasteiger partial charge >= 0.3 is 0 Å². The Kier molecular flexibility index (Phi) is 7.21. The average molecular weight is 736 g/mol. The van der Waals surface area contributed by atoms with Gasteiger partial charge in [-0.2, -0.15) is 0 Å². The Morgan fingerprint density at radius 3 is 1.45 bits per heavy atom. The fourth-order valence-corrected chi connectivity index (χ4v) is 9.90. The van der Waals surface area contributed by atoms with E-state index in [2.05, 4.69) is 218 Å². The first kappa shape index (κ1) is 32.7. The van der Waals surface area contributed by atoms with Gasteiger partial charge < -0.3 is 4.90 Å². The predicted molar refractivity (Wildman–Crippen MR) is 250 cm³/mol. The van der Waals surface area contributed by atoms with E-state index in [0.717, 1.165) is 5.69 Å². The van der Waals surface area contributed by atoms with Crippen LogP contribution in [0.2, 0.25) is 0 Å². The van der Waals surface area contributed by atoms with Crippen LogP contribution in [0.5, 0.6) is 0 Å². The Balaban J connectivity index is 1.16. The van der Waals surface area contributed by atoms with Crippen molar-refractivity contribution in [2.45, 2.75) is 6.92 Å². The molecule has 12 aromatic rings. The van der Waals surface area contributed by atoms with Gasteiger partial charge in [0.2, 0.25) is 0 Å². The number of anilines is 3. The van der Waals surface area contributed by atoms with Crippen LogP contribution in [0.1, 0.15) is 5.56 Å². The normalized spacial score (nSPS) is 11.9. The number of benzene rings is 12. The molecule has 0 aliphatic heterocycles. The number of hydrogen-bond acceptors (Lipinski definition) is 1. The lowest BCUT2D eigenvalue weighted by Gasteiger charge is -2.31. The van der Waals surface area contributed by atoms with Crippen LogP contribution in [0.25, 0.3) is 97.7 Å². The zero-order valence-corrected chi connectivity index (χ0v) is 32.1. The molecule has 0 atom stereocenters. The molecular formula is C57H37N. The smallest absolute Gasteiger partial charge is 0.0619 e. The van der Waals surface area contributed by atoms with Crippen molar-refractivity contribution in [2.24, 2.45) is 0 Å². The fraction of sp³-hybridized carbons (Fsp3) is 0.0175. The maximum Gasteiger partial charge on any atom is 0.0619 e. The van der Waals surface area contributed by atoms with Gasteiger partial charge in [-0.15, -0.1) is 0 Å². The van der Waals surface area contributed by atoms with Gasteiger partial charge in [-0.05, 0) is 113 Å². The van der Waals surface area contributed by atoms with Crippen molar-refractivity contribution in [1.82, 2.24) is 0 Å². The van der Waals surface area contributed by atoms with Crippen LogP contribution in [0.4, 0.5) is 17.1 Å². The molecule has 0 amide bonds. The van der Waals surface area contributed by atoms with E-state index in [0.29, 0.717) is 0 Å². The highest BCUT2D eigenvalue weighted by Crippen LogP contribution is 2.51. The Morgan fingerprint density at radius 1 is 0.310 bits per heavy atom. The van der Waals surface area contributed by atoms with Crippen LogP contribution in [-0.2, 0) is 0 Å². The summed E-state index contributed by atoms with van der Waals surface area (Å²) in [4.78, 5) is 2.53. The topological polar surface area (TPSA) is 3.24 Å². The molecule has 0 saturated heterocycles. The van der Waals surface area contributed by atoms with E-state index in [4.69, 9.17) is 0 Å². The number of nitrogens with zero attached hydrogens (tertiary/aromatic N) is 1. The van der Waals surface area contributed by atoms with Gasteiger partial charge in [0.1, 0.15) is 0 Å². The molecule has 0 aliphatic carbocycles. The summed E-state index contributed by atoms with van der Waals surface area (Å²) in [6.45, 7) is 2.24. The molecule has 1 nitrogen and oxygen atoms in total. The second kappa shape index (κ2) is 12.8. The van der Waals surface area contributed by atoms with E-state index in [1.165, 1.54) is 115 Å². The van der Waals surface area contributed by atoms with Gasteiger partial charge in [0.25, 0.3) is 0 Å². The molecule has 0 fully saturated rings. The zero-order chi connectivity index (χ0) is 38.3. The van der Waals surface area contributed by atoms with Crippen LogP contribution in [-0.4, -0.2) is 0 Å². The Morgan fingerprint density at radius 2 is 0.793 bits per heavy atom. The number of para-hydroxylation sites is 1. The number of hydrogen-bond donors (Lipinski definition) is 0. The van der Waals surface area contributed by atoms with Gasteiger partial charge in [0.05, 0.1) is 11.4 Å². The summed E-state index contributed by atoms with van der Waals surface area (Å²) in [5.74, 6) is 0. The molecule has 0 bridgehead atoms. The first-order chi connectivity index (χ1) is 28.7. The maximum atomic E-state index is 2.53. The first-order valence-corrected chi connectivity index (χ1v) is 20.2. The van der Waals surface area contributed by atoms with E-state index in [1.807, 2.05) is 0 Å². The van der Waals surface area contributed by atoms with E-state index in [9.17, 15) is 0 Å². The molecule has 0 aliphatic rings. The van der Waals surface area contributed by atoms with Crippen LogP contribution in [0, 0.1) is 6.92 Å². The number of rotatable bonds is 5. The third-order valence-electron chi connectivity index (χ3n) is 12.3. The van der Waals surface area contributed by atoms with Gasteiger partial charge in [-0.1, -0.05) is 182 Å². The van der Waals surface area contributed by atoms with Crippen molar-refractivity contribution in [3.05, 3.63) is 212 Å². The molecule has 0 saturated carbocycles. The molecule has 0 aromatic heterocycles. The lowest BCUT2D eigenvalue weighted by atomic mass is 9.86. The quantitative estimate of drug-likeness (QED) is 0.126. The molecule has 1 heteroatoms. The Labute approximate surface area is 337 Å². The molecule has 270 valence electrons. The van der Waals surface area contributed by atoms with Crippen molar-refractivity contribution in [1.29, 1.82) is 0 Å². The second-order valence-corrected chi connectivity index (χ2v) is 15.7. The highest BCUT2D eigenvalue weighted by molar-refractivity contribution is 6.27. The fourth-order valence-electron chi connectivity index (χ4n) is 9.90. The Bertz CT molecular complexity index is 3450. The van der Waals surface area contributed by atoms with Gasteiger partial charge in [0, 0.05) is 27.2 Å². The molecule has 0 N–H and O–H groups in total. The van der Waals surface area contributed by atoms with Crippen molar-refractivity contribution >= 4 is 92.5 Å². The molecule has 0 radical (unpaired) electrons. The Hall–Kier alpha value is -7.48. The SMILES string of the molecule is Cc1cc(-c2c3ccccc3c(N(c3ccccc3)c3c4ccccc4cc4ccccc34)c3ccccc23)cc(-c2ccc3ccc4cccc5ccc2c3c45)c1. The van der Waals surface area contributed by atoms with E-state index in [-0.39, 0.29) is 0 Å². The van der Waals surface area contributed by atoms with E-state index >= 15 is 0 Å². The highest BCUT2D eigenvalue weighted by Gasteiger charge is 2.25. The van der Waals surface area contributed by atoms with Crippen molar-refractivity contribution < 1.29 is 0 Å². The summed E-state index contributed by atoms with van der Waals surface area (Å²) in [7, 11) is 0. The summed E-state index contributed by atoms with van der Waals surface area (Å²) in [5, 5.41) is 17.6. The highest BCUT2D eigenvalue weighted by atomic mass is 15.1. The lowest BCUT2D eigenvalue weighted by molar-refractivity contribution is 1.34. The summed E-state index contributed by atoms with van der Waals surface area (Å²) >= 11 is 0. The molecule has 0 heterocycles. The molecule has 12 rings (SSSR count). The second-order valence-electron chi connectivity index (χ2n) is 15.7. The molecule has 12 aromatic carbocycles. The molecule has 0 unspecified atom stereocenters. The summed E-state index contributed by atoms with van der Waals surface area (Å²) in [6, 6.07) is 76.6. The van der Waals surface area contributed by atoms with Crippen LogP contribution >= 0.6 is 0 Å². The molecule has 0 spiro atoms. The number of fused-ring (bicyclic) bond motifs is 4. The third-order valence-corrected chi connectivity index (χ3v) is 12.3. The largest absolute Gasteiger partial charge is 0.308 e. The van der Waals surface area contributed by atoms with Crippen molar-refractivity contribution in [2.75, 3.05) is 4.90 Å². The maximum absolute atomic E-state index is 2.53. The number of aryl methyl sites for hydroxylation is 1. The van der Waals surface area contributed by atoms with Crippen molar-refractivity contribution in [3.8, 4) is 22.3 Å². The van der Waals surface area contributed by atoms with Gasteiger partial charge in [0.15, 0.2) is 0 Å². The first-order valence-electron chi connectivity index (χ1n) is 20.2. The minimum Gasteiger partial charge on any atom is -0.308 e. The zero-order valence-electron chi connectivity index (χ0n) is 32.1. The van der Waals surface area contributed by atoms with Crippen LogP contribution in [0.3, 0.4) is 0 Å². The van der Waals surface area contributed by atoms with Gasteiger partial charge in [-0.3, -0.25) is 0 Å². The summed E-state index contributed by atoms with van der Waals surface area (Å²) in [5.41, 5.74) is 9.71. The standard InChI is InChI=1S/C57H37N/c1-36-32-42(45-30-28-39-27-26-37-16-13-17-38-29-31-50(45)55(39)53(37)38)35-43(33-36)54-48-22-9-11-24-51(48)57(52-25-12-10-23-49(52)54)58(44-18-3-2-4-19-44)56-46-20-7-5-14-40(46)34-41-15-6-8-21-47(41)56/h2-35H,1H3. The molecule has 58 heavy (non-hydrogen) atoms. The van der Waals surface area contributed by atoms with E-state index in [1.54, 1.807) is 0 Å². The lowest BCUT2D eigenvalue weighted by Crippen LogP contribution is -2.12. The van der Waals surface area contributed by atoms with Crippen LogP contribution < -0.4 is 4.90 Å². The minimum absolute atomic E-state index is 1.12. The summed E-state index contributed by atoms with van der Waals surface area (Å²) in [6.07, 6.45) is 0. The summed E-state index contributed by atoms with van der Waals surface area (Å²) < 4.78 is 0. The average Bonchev–Trinajstić information content (AvgIpc) is 3.28. The van der Waals surface area contributed by atoms with E-state index < -0.39 is 0 Å². The third kappa shape index (κ3) is 4.90. The predicted octanol–water partition coefficient (Wildman–Crippen LogP) is 16.3. The molecular weight excluding hydrogens is 699 g/mol. The minimum atomic E-state index is 1.12. The monoisotopic (exact) mass is 735 g/mol. The van der Waals surface area contributed by atoms with Crippen molar-refractivity contribution in [3.63, 3.8) is 0 Å². The van der Waals surface area contributed by atoms with Gasteiger partial charge in [-0.25, -0.2) is 0 Å². The van der Waals surface area contributed by atoms with Crippen LogP contribution in [0.15, 0.2) is 206 Å².